The molecule has 32 heavy (non-hydrogen) atoms. The number of halogens is 1. The highest BCUT2D eigenvalue weighted by Gasteiger charge is 2.17. The predicted octanol–water partition coefficient (Wildman–Crippen LogP) is 6.28. The fraction of sp³-hybridized carbons (Fsp3) is 0.0435. The molecule has 6 rings (SSSR count). The van der Waals surface area contributed by atoms with Crippen molar-refractivity contribution in [3.63, 3.8) is 0 Å². The molecule has 0 unspecified atom stereocenters. The molecule has 9 heteroatoms. The van der Waals surface area contributed by atoms with Crippen LogP contribution >= 0.6 is 11.6 Å². The fourth-order valence-electron chi connectivity index (χ4n) is 3.64. The minimum atomic E-state index is -0.0969. The average Bonchev–Trinajstić information content (AvgIpc) is 3.40. The lowest BCUT2D eigenvalue weighted by Gasteiger charge is -2.06. The van der Waals surface area contributed by atoms with Gasteiger partial charge in [-0.25, -0.2) is 9.97 Å². The smallest absolute Gasteiger partial charge is 0.231 e. The van der Waals surface area contributed by atoms with Gasteiger partial charge in [-0.3, -0.25) is 0 Å². The van der Waals surface area contributed by atoms with Crippen molar-refractivity contribution < 1.29 is 14.6 Å². The van der Waals surface area contributed by atoms with Gasteiger partial charge in [0, 0.05) is 21.4 Å². The van der Waals surface area contributed by atoms with Crippen molar-refractivity contribution in [1.82, 2.24) is 15.0 Å². The van der Waals surface area contributed by atoms with Gasteiger partial charge in [0.15, 0.2) is 28.8 Å². The Morgan fingerprint density at radius 1 is 0.906 bits per heavy atom. The number of H-pyrrole nitrogens is 1. The van der Waals surface area contributed by atoms with E-state index in [2.05, 4.69) is 25.2 Å². The van der Waals surface area contributed by atoms with Crippen molar-refractivity contribution in [3.8, 4) is 28.8 Å². The Labute approximate surface area is 186 Å². The summed E-state index contributed by atoms with van der Waals surface area (Å²) in [6.45, 7) is 0.189. The lowest BCUT2D eigenvalue weighted by atomic mass is 10.1. The van der Waals surface area contributed by atoms with Crippen LogP contribution in [0.4, 0.5) is 11.5 Å². The van der Waals surface area contributed by atoms with Gasteiger partial charge in [-0.05, 0) is 48.5 Å². The molecule has 0 aliphatic carbocycles. The number of nitrogens with one attached hydrogen (secondary N) is 1. The molecule has 1 aliphatic heterocycles. The van der Waals surface area contributed by atoms with E-state index in [1.54, 1.807) is 18.2 Å². The van der Waals surface area contributed by atoms with E-state index in [-0.39, 0.29) is 18.4 Å². The molecular formula is C23H14ClN5O3. The Morgan fingerprint density at radius 3 is 2.72 bits per heavy atom. The molecule has 0 saturated carbocycles. The summed E-state index contributed by atoms with van der Waals surface area (Å²) < 4.78 is 10.9. The summed E-state index contributed by atoms with van der Waals surface area (Å²) in [7, 11) is 0. The minimum Gasteiger partial charge on any atom is -0.493 e. The molecule has 0 atom stereocenters. The number of aromatic hydroxyl groups is 1. The number of rotatable bonds is 3. The molecule has 156 valence electrons. The number of ether oxygens (including phenoxy) is 2. The van der Waals surface area contributed by atoms with Gasteiger partial charge in [-0.2, -0.15) is 0 Å². The van der Waals surface area contributed by atoms with Crippen LogP contribution in [0.15, 0.2) is 70.9 Å². The van der Waals surface area contributed by atoms with Gasteiger partial charge < -0.3 is 19.6 Å². The molecule has 2 aromatic heterocycles. The second-order valence-corrected chi connectivity index (χ2v) is 7.60. The Kier molecular flexibility index (Phi) is 4.19. The van der Waals surface area contributed by atoms with Crippen molar-refractivity contribution in [2.45, 2.75) is 0 Å². The second kappa shape index (κ2) is 7.21. The largest absolute Gasteiger partial charge is 0.493 e. The monoisotopic (exact) mass is 443 g/mol. The van der Waals surface area contributed by atoms with Crippen LogP contribution in [0.5, 0.6) is 17.4 Å². The maximum atomic E-state index is 10.3. The van der Waals surface area contributed by atoms with E-state index < -0.39 is 0 Å². The molecule has 3 heterocycles. The molecule has 3 aromatic carbocycles. The summed E-state index contributed by atoms with van der Waals surface area (Å²) in [5.41, 5.74) is 2.47. The van der Waals surface area contributed by atoms with E-state index >= 15 is 0 Å². The summed E-state index contributed by atoms with van der Waals surface area (Å²) in [5, 5.41) is 20.9. The van der Waals surface area contributed by atoms with E-state index in [0.717, 1.165) is 16.5 Å². The first kappa shape index (κ1) is 18.6. The number of fused-ring (bicyclic) bond motifs is 3. The summed E-state index contributed by atoms with van der Waals surface area (Å²) in [6.07, 6.45) is 0. The number of azo groups is 1. The van der Waals surface area contributed by atoms with Crippen LogP contribution in [-0.4, -0.2) is 26.9 Å². The summed E-state index contributed by atoms with van der Waals surface area (Å²) in [5.74, 6) is 2.08. The molecule has 5 aromatic rings. The SMILES string of the molecule is Oc1[nH]c2ccc(Cl)cc2c1N=Nc1nc(-c2ccc3c(c2)OCO3)nc2ccccc12. The van der Waals surface area contributed by atoms with Crippen LogP contribution < -0.4 is 9.47 Å². The quantitative estimate of drug-likeness (QED) is 0.319. The standard InChI is InChI=1S/C23H14ClN5O3/c24-13-6-7-17-15(10-13)20(23(30)26-17)28-29-22-14-3-1-2-4-16(14)25-21(27-22)12-5-8-18-19(9-12)32-11-31-18/h1-10,26,30H,11H2. The normalized spacial score (nSPS) is 12.9. The first-order valence-corrected chi connectivity index (χ1v) is 10.1. The van der Waals surface area contributed by atoms with Gasteiger partial charge in [0.05, 0.1) is 11.0 Å². The predicted molar refractivity (Wildman–Crippen MR) is 120 cm³/mol. The third kappa shape index (κ3) is 3.09. The Hall–Kier alpha value is -4.17. The highest BCUT2D eigenvalue weighted by atomic mass is 35.5. The molecule has 0 radical (unpaired) electrons. The zero-order valence-electron chi connectivity index (χ0n) is 16.4. The number of benzene rings is 3. The molecule has 0 saturated heterocycles. The summed E-state index contributed by atoms with van der Waals surface area (Å²) in [4.78, 5) is 12.2. The van der Waals surface area contributed by atoms with Crippen LogP contribution in [-0.2, 0) is 0 Å². The molecule has 1 aliphatic rings. The number of hydrogen-bond donors (Lipinski definition) is 2. The van der Waals surface area contributed by atoms with E-state index in [0.29, 0.717) is 39.1 Å². The van der Waals surface area contributed by atoms with Crippen molar-refractivity contribution >= 4 is 44.9 Å². The third-order valence-corrected chi connectivity index (χ3v) is 5.41. The summed E-state index contributed by atoms with van der Waals surface area (Å²) >= 11 is 6.12. The van der Waals surface area contributed by atoms with Gasteiger partial charge >= 0.3 is 0 Å². The Bertz CT molecular complexity index is 1550. The number of nitrogens with zero attached hydrogens (tertiary/aromatic N) is 4. The minimum absolute atomic E-state index is 0.0969. The number of aromatic amines is 1. The summed E-state index contributed by atoms with van der Waals surface area (Å²) in [6, 6.07) is 18.3. The molecule has 2 N–H and O–H groups in total. The first-order valence-electron chi connectivity index (χ1n) is 9.74. The van der Waals surface area contributed by atoms with Crippen molar-refractivity contribution in [2.75, 3.05) is 6.79 Å². The van der Waals surface area contributed by atoms with E-state index in [4.69, 9.17) is 21.1 Å². The van der Waals surface area contributed by atoms with Gasteiger partial charge in [0.25, 0.3) is 0 Å². The number of hydrogen-bond acceptors (Lipinski definition) is 7. The number of para-hydroxylation sites is 1. The molecular weight excluding hydrogens is 430 g/mol. The van der Waals surface area contributed by atoms with Gasteiger partial charge in [-0.15, -0.1) is 10.2 Å². The van der Waals surface area contributed by atoms with Crippen LogP contribution in [0.2, 0.25) is 5.02 Å². The molecule has 0 amide bonds. The molecule has 8 nitrogen and oxygen atoms in total. The molecule has 0 bridgehead atoms. The van der Waals surface area contributed by atoms with Crippen LogP contribution in [0.25, 0.3) is 33.2 Å². The average molecular weight is 444 g/mol. The van der Waals surface area contributed by atoms with Gasteiger partial charge in [0.1, 0.15) is 0 Å². The third-order valence-electron chi connectivity index (χ3n) is 5.17. The van der Waals surface area contributed by atoms with Crippen molar-refractivity contribution in [2.24, 2.45) is 10.2 Å². The highest BCUT2D eigenvalue weighted by molar-refractivity contribution is 6.31. The lowest BCUT2D eigenvalue weighted by Crippen LogP contribution is -1.93. The van der Waals surface area contributed by atoms with Crippen LogP contribution in [0, 0.1) is 0 Å². The topological polar surface area (TPSA) is 105 Å². The first-order chi connectivity index (χ1) is 15.7. The van der Waals surface area contributed by atoms with E-state index in [1.165, 1.54) is 0 Å². The number of aromatic nitrogens is 3. The maximum Gasteiger partial charge on any atom is 0.231 e. The second-order valence-electron chi connectivity index (χ2n) is 7.17. The van der Waals surface area contributed by atoms with Crippen LogP contribution in [0.1, 0.15) is 0 Å². The fourth-order valence-corrected chi connectivity index (χ4v) is 3.81. The van der Waals surface area contributed by atoms with Crippen LogP contribution in [0.3, 0.4) is 0 Å². The molecule has 0 spiro atoms. The lowest BCUT2D eigenvalue weighted by molar-refractivity contribution is 0.174. The van der Waals surface area contributed by atoms with Gasteiger partial charge in [-0.1, -0.05) is 23.7 Å². The van der Waals surface area contributed by atoms with Crippen molar-refractivity contribution in [3.05, 3.63) is 65.7 Å². The Morgan fingerprint density at radius 2 is 1.78 bits per heavy atom. The zero-order chi connectivity index (χ0) is 21.7. The zero-order valence-corrected chi connectivity index (χ0v) is 17.2. The van der Waals surface area contributed by atoms with E-state index in [1.807, 2.05) is 42.5 Å². The van der Waals surface area contributed by atoms with E-state index in [9.17, 15) is 5.11 Å². The maximum absolute atomic E-state index is 10.3. The van der Waals surface area contributed by atoms with Gasteiger partial charge in [0.2, 0.25) is 12.7 Å². The molecule has 0 fully saturated rings. The Balaban J connectivity index is 1.49. The van der Waals surface area contributed by atoms with Crippen molar-refractivity contribution in [1.29, 1.82) is 0 Å². The highest BCUT2D eigenvalue weighted by Crippen LogP contribution is 2.39.